The molecule has 0 amide bonds. The molecule has 0 aliphatic heterocycles. The second-order valence-electron chi connectivity index (χ2n) is 14.3. The Morgan fingerprint density at radius 2 is 0.567 bits per heavy atom. The number of benzene rings is 6. The van der Waals surface area contributed by atoms with Crippen molar-refractivity contribution in [1.29, 1.82) is 0 Å². The van der Waals surface area contributed by atoms with Gasteiger partial charge in [0.1, 0.15) is 0 Å². The monoisotopic (exact) mass is 1020 g/mol. The first kappa shape index (κ1) is 54.1. The smallest absolute Gasteiger partial charge is 0.872 e. The molecule has 0 unspecified atom stereocenters. The summed E-state index contributed by atoms with van der Waals surface area (Å²) in [5, 5.41) is 35.3. The Morgan fingerprint density at radius 1 is 0.358 bits per heavy atom. The van der Waals surface area contributed by atoms with E-state index < -0.39 is 0 Å². The van der Waals surface area contributed by atoms with Crippen LogP contribution in [0.2, 0.25) is 0 Å². The summed E-state index contributed by atoms with van der Waals surface area (Å²) in [5.74, 6) is -1.59. The summed E-state index contributed by atoms with van der Waals surface area (Å²) in [6.07, 6.45) is 7.02. The second kappa shape index (κ2) is 29.4. The minimum atomic E-state index is -0.264. The van der Waals surface area contributed by atoms with Gasteiger partial charge in [-0.2, -0.15) is 0 Å². The molecule has 0 bridgehead atoms. The van der Waals surface area contributed by atoms with Gasteiger partial charge in [-0.3, -0.25) is 24.4 Å². The van der Waals surface area contributed by atoms with Crippen molar-refractivity contribution in [3.05, 3.63) is 281 Å². The largest absolute Gasteiger partial charge is 3.00 e. The third-order valence-corrected chi connectivity index (χ3v) is 9.23. The number of hydrogen-bond donors (Lipinski definition) is 0. The fourth-order valence-corrected chi connectivity index (χ4v) is 5.82. The molecule has 2 N–H and O–H groups in total. The Balaban J connectivity index is 0.000000235. The fourth-order valence-electron chi connectivity index (χ4n) is 5.82. The zero-order valence-corrected chi connectivity index (χ0v) is 39.2. The average Bonchev–Trinajstić information content (AvgIpc) is 3.36. The van der Waals surface area contributed by atoms with Crippen molar-refractivity contribution >= 4 is 34.6 Å². The van der Waals surface area contributed by atoms with E-state index >= 15 is 0 Å². The van der Waals surface area contributed by atoms with Gasteiger partial charge in [0.15, 0.2) is 17.3 Å². The standard InChI is InChI=1S/3C15H12O2.C12H12N2.Eu.H2O/c3*16-14(12-7-3-1-4-8-12)11-15(17)13-9-5-2-6-10-13;1-9-3-5-13-11(7-9)12-8-10(2)4-6-14-12;;/h3*1-11,16H;3-8H,1-2H3;;1H2/q;;;;+3;/p-3/b3*14-11-;;;. The maximum atomic E-state index is 11.8. The molecule has 0 atom stereocenters. The summed E-state index contributed by atoms with van der Waals surface area (Å²) in [5.41, 5.74) is 7.44. The number of ketones is 3. The molecule has 10 heteroatoms. The van der Waals surface area contributed by atoms with Crippen LogP contribution in [0.4, 0.5) is 0 Å². The van der Waals surface area contributed by atoms with Crippen molar-refractivity contribution in [1.82, 2.24) is 9.97 Å². The summed E-state index contributed by atoms with van der Waals surface area (Å²) in [6, 6.07) is 60.6. The maximum Gasteiger partial charge on any atom is 3.00 e. The Kier molecular flexibility index (Phi) is 23.7. The quantitative estimate of drug-likeness (QED) is 0.0742. The van der Waals surface area contributed by atoms with Crippen LogP contribution in [0.5, 0.6) is 0 Å². The molecule has 0 fully saturated rings. The maximum absolute atomic E-state index is 11.8. The van der Waals surface area contributed by atoms with E-state index in [-0.39, 0.29) is 89.5 Å². The number of carbonyl (C=O) groups is 3. The molecular formula is C57H47EuN2O7. The third kappa shape index (κ3) is 18.7. The van der Waals surface area contributed by atoms with Crippen LogP contribution in [0.25, 0.3) is 28.7 Å². The molecule has 0 spiro atoms. The number of aryl methyl sites for hydroxylation is 2. The minimum Gasteiger partial charge on any atom is -0.872 e. The Bertz CT molecular complexity index is 2550. The molecule has 0 aliphatic rings. The van der Waals surface area contributed by atoms with Crippen LogP contribution in [-0.4, -0.2) is 32.8 Å². The van der Waals surface area contributed by atoms with Gasteiger partial charge in [0, 0.05) is 29.1 Å². The summed E-state index contributed by atoms with van der Waals surface area (Å²) < 4.78 is 0. The van der Waals surface area contributed by atoms with Crippen molar-refractivity contribution in [2.45, 2.75) is 13.8 Å². The van der Waals surface area contributed by atoms with Gasteiger partial charge in [0.25, 0.3) is 0 Å². The average molecular weight is 1020 g/mol. The number of hydrogen-bond acceptors (Lipinski definition) is 8. The number of aromatic nitrogens is 2. The zero-order chi connectivity index (χ0) is 46.2. The van der Waals surface area contributed by atoms with Crippen molar-refractivity contribution in [2.75, 3.05) is 0 Å². The van der Waals surface area contributed by atoms with Gasteiger partial charge in [-0.15, -0.1) is 0 Å². The van der Waals surface area contributed by atoms with Crippen molar-refractivity contribution in [2.24, 2.45) is 0 Å². The molecule has 67 heavy (non-hydrogen) atoms. The molecule has 8 aromatic rings. The van der Waals surface area contributed by atoms with E-state index in [2.05, 4.69) is 23.8 Å². The van der Waals surface area contributed by atoms with Crippen LogP contribution in [0, 0.1) is 63.2 Å². The van der Waals surface area contributed by atoms with E-state index in [1.807, 2.05) is 73.1 Å². The molecule has 0 saturated heterocycles. The fraction of sp³-hybridized carbons (Fsp3) is 0.0351. The van der Waals surface area contributed by atoms with Crippen LogP contribution in [0.15, 0.2) is 237 Å². The number of allylic oxidation sites excluding steroid dienone is 3. The molecule has 2 aromatic heterocycles. The Hall–Kier alpha value is -7.21. The van der Waals surface area contributed by atoms with E-state index in [1.54, 1.807) is 146 Å². The van der Waals surface area contributed by atoms with E-state index in [9.17, 15) is 29.7 Å². The molecule has 334 valence electrons. The second-order valence-corrected chi connectivity index (χ2v) is 14.3. The van der Waals surface area contributed by atoms with E-state index in [4.69, 9.17) is 0 Å². The zero-order valence-electron chi connectivity index (χ0n) is 36.7. The molecule has 6 aromatic carbocycles. The number of pyridine rings is 2. The number of nitrogens with zero attached hydrogens (tertiary/aromatic N) is 2. The predicted octanol–water partition coefficient (Wildman–Crippen LogP) is 8.75. The van der Waals surface area contributed by atoms with E-state index in [0.29, 0.717) is 33.4 Å². The van der Waals surface area contributed by atoms with Crippen LogP contribution < -0.4 is 15.3 Å². The van der Waals surface area contributed by atoms with Gasteiger partial charge >= 0.3 is 49.4 Å². The van der Waals surface area contributed by atoms with Gasteiger partial charge in [-0.05, 0) is 84.2 Å². The first-order valence-electron chi connectivity index (χ1n) is 20.5. The molecule has 8 rings (SSSR count). The first-order valence-corrected chi connectivity index (χ1v) is 20.5. The first-order chi connectivity index (χ1) is 31.6. The molecule has 0 aliphatic carbocycles. The molecule has 9 nitrogen and oxygen atoms in total. The Labute approximate surface area is 432 Å². The van der Waals surface area contributed by atoms with Gasteiger partial charge < -0.3 is 20.8 Å². The predicted molar refractivity (Wildman–Crippen MR) is 256 cm³/mol. The van der Waals surface area contributed by atoms with Gasteiger partial charge in [0.2, 0.25) is 0 Å². The van der Waals surface area contributed by atoms with Crippen molar-refractivity contribution in [3.63, 3.8) is 0 Å². The van der Waals surface area contributed by atoms with Crippen LogP contribution in [0.1, 0.15) is 58.9 Å². The topological polar surface area (TPSA) is 178 Å². The van der Waals surface area contributed by atoms with Gasteiger partial charge in [-0.1, -0.05) is 199 Å². The van der Waals surface area contributed by atoms with E-state index in [1.165, 1.54) is 11.1 Å². The number of carbonyl (C=O) groups excluding carboxylic acids is 3. The molecular weight excluding hydrogens is 977 g/mol. The Morgan fingerprint density at radius 3 is 0.776 bits per heavy atom. The summed E-state index contributed by atoms with van der Waals surface area (Å²) in [4.78, 5) is 43.8. The normalized spacial score (nSPS) is 10.6. The van der Waals surface area contributed by atoms with Crippen LogP contribution >= 0.6 is 0 Å². The summed E-state index contributed by atoms with van der Waals surface area (Å²) in [6.45, 7) is 4.11. The third-order valence-electron chi connectivity index (χ3n) is 9.23. The van der Waals surface area contributed by atoms with Gasteiger partial charge in [-0.25, -0.2) is 0 Å². The van der Waals surface area contributed by atoms with Gasteiger partial charge in [0.05, 0.1) is 11.4 Å². The van der Waals surface area contributed by atoms with Crippen molar-refractivity contribution in [3.8, 4) is 11.4 Å². The van der Waals surface area contributed by atoms with Crippen LogP contribution in [0.3, 0.4) is 0 Å². The molecule has 0 radical (unpaired) electrons. The summed E-state index contributed by atoms with van der Waals surface area (Å²) >= 11 is 0. The van der Waals surface area contributed by atoms with Crippen molar-refractivity contribution < 1.29 is 84.6 Å². The van der Waals surface area contributed by atoms with E-state index in [0.717, 1.165) is 29.6 Å². The minimum absolute atomic E-state index is 0. The summed E-state index contributed by atoms with van der Waals surface area (Å²) in [7, 11) is 0. The number of rotatable bonds is 10. The molecule has 0 saturated carbocycles. The SMILES string of the molecule is Cc1ccnc(-c2cc(C)ccn2)c1.O.O=C(/C=C(\[O-])c1ccccc1)c1ccccc1.O=C(/C=C(\[O-])c1ccccc1)c1ccccc1.O=C(/C=C(\[O-])c1ccccc1)c1ccccc1.[Eu+3]. The van der Waals surface area contributed by atoms with Crippen LogP contribution in [-0.2, 0) is 0 Å². The molecule has 2 heterocycles.